The van der Waals surface area contributed by atoms with Crippen LogP contribution in [0.4, 0.5) is 0 Å². The zero-order valence-electron chi connectivity index (χ0n) is 18.3. The number of guanidine groups is 1. The van der Waals surface area contributed by atoms with E-state index in [0.29, 0.717) is 18.5 Å². The van der Waals surface area contributed by atoms with Gasteiger partial charge in [0, 0.05) is 45.3 Å². The fourth-order valence-electron chi connectivity index (χ4n) is 3.60. The van der Waals surface area contributed by atoms with Crippen LogP contribution in [0, 0.1) is 5.92 Å². The average molecular weight is 390 g/mol. The van der Waals surface area contributed by atoms with Gasteiger partial charge in [-0.1, -0.05) is 44.2 Å². The molecule has 0 bridgehead atoms. The Balaban J connectivity index is 1.99. The molecule has 1 aromatic rings. The highest BCUT2D eigenvalue weighted by Crippen LogP contribution is 2.20. The molecule has 0 aromatic heterocycles. The first-order valence-corrected chi connectivity index (χ1v) is 10.6. The quantitative estimate of drug-likeness (QED) is 0.467. The first-order chi connectivity index (χ1) is 13.3. The number of nitrogens with one attached hydrogen (secondary N) is 2. The lowest BCUT2D eigenvalue weighted by molar-refractivity contribution is 0.0671. The molecule has 2 unspecified atom stereocenters. The Kier molecular flexibility index (Phi) is 8.73. The van der Waals surface area contributed by atoms with Crippen molar-refractivity contribution < 1.29 is 5.11 Å². The molecule has 1 aliphatic heterocycles. The largest absolute Gasteiger partial charge is 0.384 e. The van der Waals surface area contributed by atoms with E-state index in [2.05, 4.69) is 53.2 Å². The number of benzene rings is 1. The lowest BCUT2D eigenvalue weighted by Gasteiger charge is -2.40. The minimum atomic E-state index is -0.988. The van der Waals surface area contributed by atoms with Gasteiger partial charge in [-0.15, -0.1) is 0 Å². The molecule has 1 fully saturated rings. The smallest absolute Gasteiger partial charge is 0.191 e. The molecule has 1 saturated heterocycles. The molecule has 1 heterocycles. The van der Waals surface area contributed by atoms with Gasteiger partial charge in [-0.05, 0) is 32.4 Å². The van der Waals surface area contributed by atoms with Crippen LogP contribution in [0.15, 0.2) is 35.3 Å². The summed E-state index contributed by atoms with van der Waals surface area (Å²) in [4.78, 5) is 9.64. The van der Waals surface area contributed by atoms with E-state index in [4.69, 9.17) is 0 Å². The Morgan fingerprint density at radius 3 is 2.36 bits per heavy atom. The highest BCUT2D eigenvalue weighted by molar-refractivity contribution is 5.79. The molecular formula is C22H39N5O. The van der Waals surface area contributed by atoms with E-state index < -0.39 is 5.60 Å². The minimum absolute atomic E-state index is 0.313. The van der Waals surface area contributed by atoms with E-state index in [9.17, 15) is 5.11 Å². The molecule has 2 rings (SSSR count). The van der Waals surface area contributed by atoms with Crippen LogP contribution >= 0.6 is 0 Å². The number of hydrogen-bond acceptors (Lipinski definition) is 4. The van der Waals surface area contributed by atoms with Gasteiger partial charge >= 0.3 is 0 Å². The molecule has 1 aliphatic rings. The first-order valence-electron chi connectivity index (χ1n) is 10.6. The third-order valence-corrected chi connectivity index (χ3v) is 5.54. The molecule has 0 saturated carbocycles. The maximum atomic E-state index is 10.8. The summed E-state index contributed by atoms with van der Waals surface area (Å²) in [5, 5.41) is 17.6. The van der Waals surface area contributed by atoms with Crippen LogP contribution in [0.3, 0.4) is 0 Å². The first kappa shape index (κ1) is 22.7. The van der Waals surface area contributed by atoms with Gasteiger partial charge in [0.05, 0.1) is 6.54 Å². The third-order valence-electron chi connectivity index (χ3n) is 5.54. The minimum Gasteiger partial charge on any atom is -0.384 e. The van der Waals surface area contributed by atoms with Crippen molar-refractivity contribution in [3.63, 3.8) is 0 Å². The second-order valence-corrected chi connectivity index (χ2v) is 8.37. The van der Waals surface area contributed by atoms with Crippen LogP contribution in [0.5, 0.6) is 0 Å². The number of aliphatic imine (C=N–C) groups is 1. The molecule has 1 aromatic carbocycles. The van der Waals surface area contributed by atoms with Gasteiger partial charge in [0.15, 0.2) is 5.96 Å². The zero-order valence-corrected chi connectivity index (χ0v) is 18.3. The van der Waals surface area contributed by atoms with Crippen LogP contribution in [-0.2, 0) is 5.60 Å². The topological polar surface area (TPSA) is 63.1 Å². The molecule has 2 atom stereocenters. The summed E-state index contributed by atoms with van der Waals surface area (Å²) in [7, 11) is 2.19. The van der Waals surface area contributed by atoms with Crippen molar-refractivity contribution in [3.05, 3.63) is 35.9 Å². The van der Waals surface area contributed by atoms with Gasteiger partial charge in [0.1, 0.15) is 5.60 Å². The Hall–Kier alpha value is -1.63. The standard InChI is InChI=1S/C22H39N5O/c1-6-23-21(25-17-22(4,28)19-10-8-7-9-11-19)24-16-20(18(2)3)27-14-12-26(5)13-15-27/h7-11,18,20,28H,6,12-17H2,1-5H3,(H2,23,24,25). The Bertz CT molecular complexity index is 594. The van der Waals surface area contributed by atoms with Crippen LogP contribution in [0.1, 0.15) is 33.3 Å². The van der Waals surface area contributed by atoms with Gasteiger partial charge < -0.3 is 20.6 Å². The SMILES string of the molecule is CCNC(=NCC(C)(O)c1ccccc1)NCC(C(C)C)N1CCN(C)CC1. The summed E-state index contributed by atoms with van der Waals surface area (Å²) in [6.45, 7) is 14.9. The number of nitrogens with zero attached hydrogens (tertiary/aromatic N) is 3. The third kappa shape index (κ3) is 6.76. The molecule has 3 N–H and O–H groups in total. The molecule has 0 spiro atoms. The zero-order chi connectivity index (χ0) is 20.6. The van der Waals surface area contributed by atoms with Crippen molar-refractivity contribution in [2.24, 2.45) is 10.9 Å². The van der Waals surface area contributed by atoms with Gasteiger partial charge in [-0.25, -0.2) is 4.99 Å². The van der Waals surface area contributed by atoms with E-state index in [-0.39, 0.29) is 0 Å². The summed E-state index contributed by atoms with van der Waals surface area (Å²) in [5.74, 6) is 1.32. The van der Waals surface area contributed by atoms with Gasteiger partial charge in [-0.3, -0.25) is 4.90 Å². The van der Waals surface area contributed by atoms with Gasteiger partial charge in [0.2, 0.25) is 0 Å². The molecular weight excluding hydrogens is 350 g/mol. The lowest BCUT2D eigenvalue weighted by Crippen LogP contribution is -2.55. The molecule has 0 aliphatic carbocycles. The Morgan fingerprint density at radius 2 is 1.79 bits per heavy atom. The number of likely N-dealkylation sites (N-methyl/N-ethyl adjacent to an activating group) is 1. The molecule has 0 radical (unpaired) electrons. The van der Waals surface area contributed by atoms with Crippen LogP contribution < -0.4 is 10.6 Å². The summed E-state index contributed by atoms with van der Waals surface area (Å²) in [6, 6.07) is 10.2. The maximum Gasteiger partial charge on any atom is 0.191 e. The summed E-state index contributed by atoms with van der Waals surface area (Å²) < 4.78 is 0. The van der Waals surface area contributed by atoms with Crippen molar-refractivity contribution in [1.82, 2.24) is 20.4 Å². The van der Waals surface area contributed by atoms with E-state index in [0.717, 1.165) is 50.8 Å². The number of rotatable bonds is 8. The number of hydrogen-bond donors (Lipinski definition) is 3. The van der Waals surface area contributed by atoms with Crippen LogP contribution in [-0.4, -0.2) is 79.8 Å². The Morgan fingerprint density at radius 1 is 1.14 bits per heavy atom. The van der Waals surface area contributed by atoms with Gasteiger partial charge in [-0.2, -0.15) is 0 Å². The van der Waals surface area contributed by atoms with E-state index in [1.807, 2.05) is 37.3 Å². The highest BCUT2D eigenvalue weighted by Gasteiger charge is 2.26. The second-order valence-electron chi connectivity index (χ2n) is 8.37. The molecule has 28 heavy (non-hydrogen) atoms. The van der Waals surface area contributed by atoms with Crippen molar-refractivity contribution in [2.75, 3.05) is 52.9 Å². The van der Waals surface area contributed by atoms with E-state index >= 15 is 0 Å². The van der Waals surface area contributed by atoms with Crippen molar-refractivity contribution in [3.8, 4) is 0 Å². The highest BCUT2D eigenvalue weighted by atomic mass is 16.3. The number of aliphatic hydroxyl groups is 1. The van der Waals surface area contributed by atoms with Crippen molar-refractivity contribution >= 4 is 5.96 Å². The monoisotopic (exact) mass is 389 g/mol. The van der Waals surface area contributed by atoms with E-state index in [1.165, 1.54) is 0 Å². The Labute approximate surface area is 171 Å². The fourth-order valence-corrected chi connectivity index (χ4v) is 3.60. The van der Waals surface area contributed by atoms with Crippen molar-refractivity contribution in [2.45, 2.75) is 39.3 Å². The maximum absolute atomic E-state index is 10.8. The van der Waals surface area contributed by atoms with Crippen LogP contribution in [0.25, 0.3) is 0 Å². The molecule has 6 nitrogen and oxygen atoms in total. The molecule has 158 valence electrons. The van der Waals surface area contributed by atoms with E-state index in [1.54, 1.807) is 0 Å². The lowest BCUT2D eigenvalue weighted by atomic mass is 9.96. The summed E-state index contributed by atoms with van der Waals surface area (Å²) >= 11 is 0. The normalized spacial score (nSPS) is 20.0. The molecule has 0 amide bonds. The van der Waals surface area contributed by atoms with Gasteiger partial charge in [0.25, 0.3) is 0 Å². The number of piperazine rings is 1. The van der Waals surface area contributed by atoms with Crippen LogP contribution in [0.2, 0.25) is 0 Å². The predicted octanol–water partition coefficient (Wildman–Crippen LogP) is 1.72. The summed E-state index contributed by atoms with van der Waals surface area (Å²) in [5.41, 5.74) is -0.106. The fraction of sp³-hybridized carbons (Fsp3) is 0.682. The molecule has 6 heteroatoms. The predicted molar refractivity (Wildman–Crippen MR) is 118 cm³/mol. The van der Waals surface area contributed by atoms with Crippen molar-refractivity contribution in [1.29, 1.82) is 0 Å². The second kappa shape index (κ2) is 10.8. The average Bonchev–Trinajstić information content (AvgIpc) is 2.68. The summed E-state index contributed by atoms with van der Waals surface area (Å²) in [6.07, 6.45) is 0.